The molecule has 0 N–H and O–H groups in total. The van der Waals surface area contributed by atoms with Crippen molar-refractivity contribution in [2.45, 2.75) is 19.8 Å². The molecule has 0 radical (unpaired) electrons. The number of benzene rings is 9. The molecular weight excluding hydrogens is 665 g/mol. The Morgan fingerprint density at radius 3 is 0.964 bits per heavy atom. The molecule has 0 aliphatic heterocycles. The SMILES string of the molecule is CC(C)c1ccc2c(-c3ccc(N(c4ccccc4)c4ccccc4)cc3)c3ccccc3c(-c3ccc(N(c4ccccc4)c4ccccc4)cc3)c2c1. The summed E-state index contributed by atoms with van der Waals surface area (Å²) < 4.78 is 0. The monoisotopic (exact) mass is 706 g/mol. The Balaban J connectivity index is 1.20. The fourth-order valence-electron chi connectivity index (χ4n) is 7.93. The van der Waals surface area contributed by atoms with E-state index >= 15 is 0 Å². The van der Waals surface area contributed by atoms with Gasteiger partial charge in [-0.2, -0.15) is 0 Å². The zero-order valence-corrected chi connectivity index (χ0v) is 31.2. The predicted octanol–water partition coefficient (Wildman–Crippen LogP) is 15.4. The van der Waals surface area contributed by atoms with Gasteiger partial charge in [0.05, 0.1) is 0 Å². The Morgan fingerprint density at radius 2 is 0.600 bits per heavy atom. The third kappa shape index (κ3) is 6.53. The number of fused-ring (bicyclic) bond motifs is 2. The first kappa shape index (κ1) is 33.9. The molecule has 9 aromatic carbocycles. The Kier molecular flexibility index (Phi) is 9.15. The Hall–Kier alpha value is -6.90. The predicted molar refractivity (Wildman–Crippen MR) is 236 cm³/mol. The van der Waals surface area contributed by atoms with Crippen molar-refractivity contribution in [1.82, 2.24) is 0 Å². The molecule has 0 unspecified atom stereocenters. The second kappa shape index (κ2) is 14.9. The third-order valence-electron chi connectivity index (χ3n) is 10.6. The first-order chi connectivity index (χ1) is 27.1. The van der Waals surface area contributed by atoms with Gasteiger partial charge < -0.3 is 9.80 Å². The number of hydrogen-bond acceptors (Lipinski definition) is 2. The van der Waals surface area contributed by atoms with Gasteiger partial charge >= 0.3 is 0 Å². The Labute approximate surface area is 324 Å². The van der Waals surface area contributed by atoms with Gasteiger partial charge in [0.15, 0.2) is 0 Å². The van der Waals surface area contributed by atoms with E-state index in [9.17, 15) is 0 Å². The topological polar surface area (TPSA) is 6.48 Å². The number of anilines is 6. The lowest BCUT2D eigenvalue weighted by molar-refractivity contribution is 0.869. The van der Waals surface area contributed by atoms with Crippen LogP contribution < -0.4 is 9.80 Å². The van der Waals surface area contributed by atoms with Gasteiger partial charge in [-0.3, -0.25) is 0 Å². The first-order valence-electron chi connectivity index (χ1n) is 19.1. The smallest absolute Gasteiger partial charge is 0.0462 e. The van der Waals surface area contributed by atoms with E-state index in [1.807, 2.05) is 0 Å². The fourth-order valence-corrected chi connectivity index (χ4v) is 7.93. The van der Waals surface area contributed by atoms with Gasteiger partial charge in [-0.25, -0.2) is 0 Å². The van der Waals surface area contributed by atoms with Crippen LogP contribution in [0.2, 0.25) is 0 Å². The average molecular weight is 707 g/mol. The number of rotatable bonds is 9. The zero-order valence-electron chi connectivity index (χ0n) is 31.2. The molecule has 2 heteroatoms. The highest BCUT2D eigenvalue weighted by Gasteiger charge is 2.20. The normalized spacial score (nSPS) is 11.3. The summed E-state index contributed by atoms with van der Waals surface area (Å²) in [7, 11) is 0. The highest BCUT2D eigenvalue weighted by atomic mass is 15.1. The van der Waals surface area contributed by atoms with Crippen LogP contribution in [0.4, 0.5) is 34.1 Å². The van der Waals surface area contributed by atoms with E-state index in [1.165, 1.54) is 49.4 Å². The standard InChI is InChI=1S/C53H42N2/c1-38(2)41-31-36-50-51(37-41)53(40-29-34-47(35-30-40)55(44-21-11-5-12-22-44)45-23-13-6-14-24-45)49-26-16-15-25-48(49)52(50)39-27-32-46(33-28-39)54(42-17-7-3-8-18-42)43-19-9-4-10-20-43/h3-38H,1-2H3. The van der Waals surface area contributed by atoms with Crippen molar-refractivity contribution in [1.29, 1.82) is 0 Å². The molecule has 0 aliphatic rings. The second-order valence-corrected chi connectivity index (χ2v) is 14.4. The van der Waals surface area contributed by atoms with Crippen molar-refractivity contribution in [2.75, 3.05) is 9.80 Å². The lowest BCUT2D eigenvalue weighted by Gasteiger charge is -2.26. The quantitative estimate of drug-likeness (QED) is 0.138. The maximum atomic E-state index is 2.43. The van der Waals surface area contributed by atoms with Gasteiger partial charge in [-0.15, -0.1) is 0 Å². The average Bonchev–Trinajstić information content (AvgIpc) is 3.25. The van der Waals surface area contributed by atoms with Crippen LogP contribution in [-0.2, 0) is 0 Å². The molecule has 2 nitrogen and oxygen atoms in total. The molecule has 0 atom stereocenters. The minimum Gasteiger partial charge on any atom is -0.311 e. The zero-order chi connectivity index (χ0) is 37.1. The Morgan fingerprint density at radius 1 is 0.291 bits per heavy atom. The minimum absolute atomic E-state index is 0.404. The molecule has 0 spiro atoms. The number of para-hydroxylation sites is 4. The fraction of sp³-hybridized carbons (Fsp3) is 0.0566. The summed E-state index contributed by atoms with van der Waals surface area (Å²) in [6, 6.07) is 76.7. The largest absolute Gasteiger partial charge is 0.311 e. The van der Waals surface area contributed by atoms with Gasteiger partial charge in [0.25, 0.3) is 0 Å². The van der Waals surface area contributed by atoms with Crippen LogP contribution in [0.15, 0.2) is 212 Å². The van der Waals surface area contributed by atoms with Gasteiger partial charge in [-0.05, 0) is 128 Å². The van der Waals surface area contributed by atoms with E-state index in [0.29, 0.717) is 5.92 Å². The van der Waals surface area contributed by atoms with Crippen LogP contribution in [0, 0.1) is 0 Å². The van der Waals surface area contributed by atoms with Crippen molar-refractivity contribution in [3.63, 3.8) is 0 Å². The molecule has 9 rings (SSSR count). The van der Waals surface area contributed by atoms with Gasteiger partial charge in [0.2, 0.25) is 0 Å². The van der Waals surface area contributed by atoms with E-state index in [-0.39, 0.29) is 0 Å². The molecule has 9 aromatic rings. The number of nitrogens with zero attached hydrogens (tertiary/aromatic N) is 2. The number of hydrogen-bond donors (Lipinski definition) is 0. The molecule has 0 aromatic heterocycles. The molecule has 0 saturated carbocycles. The minimum atomic E-state index is 0.404. The summed E-state index contributed by atoms with van der Waals surface area (Å²) >= 11 is 0. The van der Waals surface area contributed by atoms with Crippen LogP contribution in [-0.4, -0.2) is 0 Å². The second-order valence-electron chi connectivity index (χ2n) is 14.4. The molecule has 0 heterocycles. The summed E-state index contributed by atoms with van der Waals surface area (Å²) in [5.74, 6) is 0.404. The van der Waals surface area contributed by atoms with Crippen LogP contribution in [0.25, 0.3) is 43.8 Å². The van der Waals surface area contributed by atoms with Crippen molar-refractivity contribution in [2.24, 2.45) is 0 Å². The van der Waals surface area contributed by atoms with E-state index in [1.54, 1.807) is 0 Å². The van der Waals surface area contributed by atoms with Gasteiger partial charge in [-0.1, -0.05) is 153 Å². The first-order valence-corrected chi connectivity index (χ1v) is 19.1. The van der Waals surface area contributed by atoms with Crippen molar-refractivity contribution >= 4 is 55.7 Å². The van der Waals surface area contributed by atoms with Crippen LogP contribution in [0.1, 0.15) is 25.3 Å². The molecule has 264 valence electrons. The summed E-state index contributed by atoms with van der Waals surface area (Å²) in [5.41, 5.74) is 13.0. The molecule has 0 saturated heterocycles. The summed E-state index contributed by atoms with van der Waals surface area (Å²) in [5, 5.41) is 5.03. The van der Waals surface area contributed by atoms with Crippen LogP contribution in [0.3, 0.4) is 0 Å². The molecule has 0 bridgehead atoms. The van der Waals surface area contributed by atoms with E-state index in [2.05, 4.69) is 236 Å². The van der Waals surface area contributed by atoms with Crippen molar-refractivity contribution < 1.29 is 0 Å². The van der Waals surface area contributed by atoms with Crippen LogP contribution in [0.5, 0.6) is 0 Å². The third-order valence-corrected chi connectivity index (χ3v) is 10.6. The van der Waals surface area contributed by atoms with Gasteiger partial charge in [0.1, 0.15) is 0 Å². The van der Waals surface area contributed by atoms with Crippen LogP contribution >= 0.6 is 0 Å². The maximum Gasteiger partial charge on any atom is 0.0462 e. The highest BCUT2D eigenvalue weighted by molar-refractivity contribution is 6.21. The summed E-state index contributed by atoms with van der Waals surface area (Å²) in [4.78, 5) is 4.64. The molecule has 0 fully saturated rings. The molecular formula is C53H42N2. The van der Waals surface area contributed by atoms with Crippen molar-refractivity contribution in [3.8, 4) is 22.3 Å². The molecule has 55 heavy (non-hydrogen) atoms. The Bertz CT molecular complexity index is 2610. The molecule has 0 amide bonds. The summed E-state index contributed by atoms with van der Waals surface area (Å²) in [6.07, 6.45) is 0. The molecule has 0 aliphatic carbocycles. The van der Waals surface area contributed by atoms with E-state index < -0.39 is 0 Å². The van der Waals surface area contributed by atoms with Crippen molar-refractivity contribution in [3.05, 3.63) is 218 Å². The summed E-state index contributed by atoms with van der Waals surface area (Å²) in [6.45, 7) is 4.56. The lowest BCUT2D eigenvalue weighted by Crippen LogP contribution is -2.09. The maximum absolute atomic E-state index is 2.43. The van der Waals surface area contributed by atoms with Gasteiger partial charge in [0, 0.05) is 34.1 Å². The lowest BCUT2D eigenvalue weighted by atomic mass is 9.84. The van der Waals surface area contributed by atoms with E-state index in [0.717, 1.165) is 34.1 Å². The van der Waals surface area contributed by atoms with E-state index in [4.69, 9.17) is 0 Å². The highest BCUT2D eigenvalue weighted by Crippen LogP contribution is 2.46.